The molecule has 4 nitrogen and oxygen atoms in total. The highest BCUT2D eigenvalue weighted by Gasteiger charge is 2.55. The summed E-state index contributed by atoms with van der Waals surface area (Å²) in [6, 6.07) is 25.4. The quantitative estimate of drug-likeness (QED) is 0.314. The topological polar surface area (TPSA) is 35.9 Å². The molecule has 0 radical (unpaired) electrons. The molecule has 5 rings (SSSR count). The van der Waals surface area contributed by atoms with Gasteiger partial charge < -0.3 is 0 Å². The number of rotatable bonds is 6. The van der Waals surface area contributed by atoms with Crippen LogP contribution in [0.15, 0.2) is 82.9 Å². The smallest absolute Gasteiger partial charge is 0.262 e. The predicted octanol–water partition coefficient (Wildman–Crippen LogP) is 6.60. The van der Waals surface area contributed by atoms with E-state index in [1.807, 2.05) is 35.9 Å². The van der Waals surface area contributed by atoms with E-state index in [2.05, 4.69) is 57.9 Å². The van der Waals surface area contributed by atoms with Crippen molar-refractivity contribution in [3.63, 3.8) is 0 Å². The van der Waals surface area contributed by atoms with Crippen LogP contribution in [-0.4, -0.2) is 27.6 Å². The number of hydrogen-bond donors (Lipinski definition) is 0. The molecule has 1 saturated carbocycles. The molecule has 2 heterocycles. The largest absolute Gasteiger partial charge is 0.330 e. The van der Waals surface area contributed by atoms with E-state index in [4.69, 9.17) is 4.76 Å². The summed E-state index contributed by atoms with van der Waals surface area (Å²) in [5.41, 5.74) is 2.39. The summed E-state index contributed by atoms with van der Waals surface area (Å²) in [5.74, 6) is 0. The van der Waals surface area contributed by atoms with Gasteiger partial charge in [-0.3, -0.25) is 4.57 Å². The van der Waals surface area contributed by atoms with Gasteiger partial charge in [0.25, 0.3) is 0 Å². The third-order valence-corrected chi connectivity index (χ3v) is 9.82. The van der Waals surface area contributed by atoms with E-state index in [1.165, 1.54) is 24.0 Å². The van der Waals surface area contributed by atoms with Crippen LogP contribution in [0.25, 0.3) is 0 Å². The molecule has 0 unspecified atom stereocenters. The normalized spacial score (nSPS) is 23.9. The van der Waals surface area contributed by atoms with Gasteiger partial charge in [0, 0.05) is 36.3 Å². The highest BCUT2D eigenvalue weighted by atomic mass is 32.1. The maximum atomic E-state index is 14.8. The van der Waals surface area contributed by atoms with Gasteiger partial charge in [-0.2, -0.15) is 0 Å². The van der Waals surface area contributed by atoms with Crippen LogP contribution >= 0.6 is 18.9 Å². The second kappa shape index (κ2) is 9.22. The molecule has 2 aliphatic rings. The second-order valence-electron chi connectivity index (χ2n) is 8.36. The number of nitrogens with zero attached hydrogens (tertiary/aromatic N) is 3. The zero-order valence-corrected chi connectivity index (χ0v) is 19.3. The van der Waals surface area contributed by atoms with Crippen LogP contribution in [0.5, 0.6) is 0 Å². The van der Waals surface area contributed by atoms with Crippen molar-refractivity contribution in [1.29, 1.82) is 0 Å². The van der Waals surface area contributed by atoms with E-state index in [9.17, 15) is 4.57 Å². The Morgan fingerprint density at radius 3 is 1.87 bits per heavy atom. The number of fused-ring (bicyclic) bond motifs is 1. The molecule has 1 aromatic heterocycles. The first-order chi connectivity index (χ1) is 15.2. The van der Waals surface area contributed by atoms with Crippen LogP contribution < -0.4 is 0 Å². The van der Waals surface area contributed by atoms with Gasteiger partial charge in [0.1, 0.15) is 0 Å². The fourth-order valence-electron chi connectivity index (χ4n) is 4.91. The van der Waals surface area contributed by atoms with Crippen molar-refractivity contribution < 1.29 is 4.57 Å². The summed E-state index contributed by atoms with van der Waals surface area (Å²) in [6.07, 6.45) is 6.39. The van der Waals surface area contributed by atoms with Gasteiger partial charge in [0.2, 0.25) is 0 Å². The van der Waals surface area contributed by atoms with Crippen molar-refractivity contribution >= 4 is 25.1 Å². The molecule has 0 N–H and O–H groups in total. The average molecular weight is 450 g/mol. The summed E-state index contributed by atoms with van der Waals surface area (Å²) in [4.78, 5) is 1.05. The minimum absolute atomic E-state index is 0.281. The number of thiophene rings is 1. The van der Waals surface area contributed by atoms with Crippen molar-refractivity contribution in [2.75, 3.05) is 0 Å². The van der Waals surface area contributed by atoms with E-state index in [0.29, 0.717) is 13.1 Å². The zero-order valence-electron chi connectivity index (χ0n) is 17.6. The molecule has 1 aliphatic carbocycles. The lowest BCUT2D eigenvalue weighted by Gasteiger charge is -2.31. The lowest BCUT2D eigenvalue weighted by molar-refractivity contribution is 0.197. The van der Waals surface area contributed by atoms with Gasteiger partial charge in [-0.05, 0) is 35.4 Å². The van der Waals surface area contributed by atoms with Crippen LogP contribution in [0.4, 0.5) is 0 Å². The van der Waals surface area contributed by atoms with Crippen LogP contribution in [0.3, 0.4) is 0 Å². The van der Waals surface area contributed by atoms with Gasteiger partial charge in [-0.15, -0.1) is 11.3 Å². The first-order valence-corrected chi connectivity index (χ1v) is 13.5. The predicted molar refractivity (Wildman–Crippen MR) is 130 cm³/mol. The lowest BCUT2D eigenvalue weighted by atomic mass is 9.90. The Morgan fingerprint density at radius 1 is 0.839 bits per heavy atom. The van der Waals surface area contributed by atoms with Crippen molar-refractivity contribution in [3.05, 3.63) is 94.2 Å². The van der Waals surface area contributed by atoms with Crippen molar-refractivity contribution in [2.24, 2.45) is 4.76 Å². The average Bonchev–Trinajstić information content (AvgIpc) is 3.41. The maximum absolute atomic E-state index is 14.8. The molecule has 0 amide bonds. The molecule has 160 valence electrons. The molecule has 2 fully saturated rings. The standard InChI is InChI=1S/C25H28N3OPS/c29-30(26-18-23-14-9-17-31-23)27(19-21-10-3-1-4-11-21)24-15-7-8-16-25(24)28(30)20-22-12-5-2-6-13-22/h1-6,9-14,17-18,24-25H,7-8,15-16,19-20H2/b26-18+/t24-,25-/m1/s1. The molecule has 6 heteroatoms. The molecule has 1 saturated heterocycles. The molecular weight excluding hydrogens is 421 g/mol. The van der Waals surface area contributed by atoms with Gasteiger partial charge in [0.15, 0.2) is 0 Å². The second-order valence-corrected chi connectivity index (χ2v) is 11.6. The van der Waals surface area contributed by atoms with E-state index in [-0.39, 0.29) is 12.1 Å². The molecule has 1 aliphatic heterocycles. The van der Waals surface area contributed by atoms with Gasteiger partial charge in [-0.1, -0.05) is 79.6 Å². The Kier molecular flexibility index (Phi) is 6.20. The zero-order chi connectivity index (χ0) is 21.1. The Morgan fingerprint density at radius 2 is 1.39 bits per heavy atom. The molecule has 0 spiro atoms. The lowest BCUT2D eigenvalue weighted by Crippen LogP contribution is -2.39. The molecule has 0 bridgehead atoms. The summed E-state index contributed by atoms with van der Waals surface area (Å²) >= 11 is 1.63. The fourth-order valence-corrected chi connectivity index (χ4v) is 8.42. The summed E-state index contributed by atoms with van der Waals surface area (Å²) in [5, 5.41) is 2.04. The summed E-state index contributed by atoms with van der Waals surface area (Å²) < 4.78 is 24.1. The van der Waals surface area contributed by atoms with E-state index in [1.54, 1.807) is 11.3 Å². The SMILES string of the molecule is O=P1(/N=C/c2cccs2)N(Cc2ccccc2)[C@@H]2CCCC[C@H]2N1Cc1ccccc1. The molecule has 2 atom stereocenters. The van der Waals surface area contributed by atoms with Crippen LogP contribution in [0, 0.1) is 0 Å². The molecular formula is C25H28N3OPS. The first-order valence-electron chi connectivity index (χ1n) is 11.1. The number of hydrogen-bond acceptors (Lipinski definition) is 2. The first kappa shape index (κ1) is 20.8. The monoisotopic (exact) mass is 449 g/mol. The number of benzene rings is 2. The van der Waals surface area contributed by atoms with Crippen LogP contribution in [0.2, 0.25) is 0 Å². The van der Waals surface area contributed by atoms with Gasteiger partial charge >= 0.3 is 7.59 Å². The highest BCUT2D eigenvalue weighted by Crippen LogP contribution is 2.65. The minimum atomic E-state index is -3.12. The Hall–Kier alpha value is -2.04. The van der Waals surface area contributed by atoms with Gasteiger partial charge in [-0.25, -0.2) is 14.1 Å². The van der Waals surface area contributed by atoms with E-state index < -0.39 is 7.59 Å². The summed E-state index contributed by atoms with van der Waals surface area (Å²) in [7, 11) is -3.12. The third-order valence-electron chi connectivity index (χ3n) is 6.38. The fraction of sp³-hybridized carbons (Fsp3) is 0.320. The van der Waals surface area contributed by atoms with E-state index >= 15 is 0 Å². The van der Waals surface area contributed by atoms with Gasteiger partial charge in [0.05, 0.1) is 0 Å². The van der Waals surface area contributed by atoms with Crippen molar-refractivity contribution in [3.8, 4) is 0 Å². The Labute approximate surface area is 188 Å². The van der Waals surface area contributed by atoms with Crippen LogP contribution in [-0.2, 0) is 17.7 Å². The maximum Gasteiger partial charge on any atom is 0.330 e. The molecule has 31 heavy (non-hydrogen) atoms. The molecule has 3 aromatic rings. The Balaban J connectivity index is 1.55. The molecule has 2 aromatic carbocycles. The van der Waals surface area contributed by atoms with Crippen molar-refractivity contribution in [2.45, 2.75) is 50.9 Å². The summed E-state index contributed by atoms with van der Waals surface area (Å²) in [6.45, 7) is 1.35. The highest BCUT2D eigenvalue weighted by molar-refractivity contribution is 7.58. The van der Waals surface area contributed by atoms with Crippen molar-refractivity contribution in [1.82, 2.24) is 9.34 Å². The Bertz CT molecular complexity index is 993. The van der Waals surface area contributed by atoms with Crippen LogP contribution in [0.1, 0.15) is 41.7 Å². The third kappa shape index (κ3) is 4.33. The minimum Gasteiger partial charge on any atom is -0.262 e. The van der Waals surface area contributed by atoms with E-state index in [0.717, 1.165) is 17.7 Å².